The lowest BCUT2D eigenvalue weighted by Gasteiger charge is -2.27. The van der Waals surface area contributed by atoms with Gasteiger partial charge in [-0.2, -0.15) is 0 Å². The van der Waals surface area contributed by atoms with Crippen LogP contribution in [0.1, 0.15) is 87.7 Å². The van der Waals surface area contributed by atoms with Crippen LogP contribution in [-0.4, -0.2) is 5.97 Å². The Balaban J connectivity index is 1.15. The molecule has 0 aliphatic carbocycles. The van der Waals surface area contributed by atoms with Gasteiger partial charge in [-0.1, -0.05) is 178 Å². The van der Waals surface area contributed by atoms with E-state index in [9.17, 15) is 4.79 Å². The molecule has 0 radical (unpaired) electrons. The van der Waals surface area contributed by atoms with Crippen molar-refractivity contribution in [3.8, 4) is 11.1 Å². The Morgan fingerprint density at radius 3 is 1.83 bits per heavy atom. The van der Waals surface area contributed by atoms with E-state index < -0.39 is 18.2 Å². The fourth-order valence-electron chi connectivity index (χ4n) is 6.20. The highest BCUT2D eigenvalue weighted by atomic mass is 19.1. The topological polar surface area (TPSA) is 44.8 Å². The normalized spacial score (nSPS) is 12.3. The van der Waals surface area contributed by atoms with Gasteiger partial charge in [0.05, 0.1) is 5.56 Å². The second-order valence-electron chi connectivity index (χ2n) is 13.2. The number of ether oxygens (including phenoxy) is 1. The van der Waals surface area contributed by atoms with Crippen LogP contribution in [0.15, 0.2) is 158 Å². The summed E-state index contributed by atoms with van der Waals surface area (Å²) in [5, 5.41) is 0. The number of halogens is 1. The molecule has 0 heterocycles. The van der Waals surface area contributed by atoms with E-state index in [4.69, 9.17) is 14.5 Å². The quantitative estimate of drug-likeness (QED) is 0.0310. The predicted octanol–water partition coefficient (Wildman–Crippen LogP) is 12.8. The first-order valence-corrected chi connectivity index (χ1v) is 18.5. The third-order valence-electron chi connectivity index (χ3n) is 9.32. The molecule has 54 heavy (non-hydrogen) atoms. The molecule has 6 aromatic carbocycles. The summed E-state index contributed by atoms with van der Waals surface area (Å²) in [5.41, 5.74) is 8.20. The molecule has 0 unspecified atom stereocenters. The van der Waals surface area contributed by atoms with Gasteiger partial charge in [0.15, 0.2) is 12.2 Å². The number of unbranched alkanes of at least 4 members (excludes halogenated alkanes) is 2. The van der Waals surface area contributed by atoms with E-state index in [-0.39, 0.29) is 12.4 Å². The minimum absolute atomic E-state index is 0.184. The van der Waals surface area contributed by atoms with Crippen LogP contribution in [0.25, 0.3) is 29.4 Å². The van der Waals surface area contributed by atoms with E-state index in [1.165, 1.54) is 0 Å². The van der Waals surface area contributed by atoms with E-state index in [2.05, 4.69) is 37.8 Å². The van der Waals surface area contributed by atoms with Gasteiger partial charge >= 0.3 is 5.97 Å². The molecule has 6 rings (SSSR count). The van der Waals surface area contributed by atoms with E-state index in [1.807, 2.05) is 115 Å². The van der Waals surface area contributed by atoms with Crippen LogP contribution < -0.4 is 0 Å². The van der Waals surface area contributed by atoms with Gasteiger partial charge in [0.1, 0.15) is 12.4 Å². The molecule has 272 valence electrons. The van der Waals surface area contributed by atoms with E-state index in [0.29, 0.717) is 16.7 Å². The van der Waals surface area contributed by atoms with Crippen molar-refractivity contribution < 1.29 is 23.7 Å². The lowest BCUT2D eigenvalue weighted by atomic mass is 9.98. The van der Waals surface area contributed by atoms with E-state index >= 15 is 4.39 Å². The Hall–Kier alpha value is -5.88. The van der Waals surface area contributed by atoms with Crippen LogP contribution in [-0.2, 0) is 27.5 Å². The number of benzene rings is 6. The van der Waals surface area contributed by atoms with Crippen molar-refractivity contribution >= 4 is 24.2 Å². The summed E-state index contributed by atoms with van der Waals surface area (Å²) in [6.07, 6.45) is 8.48. The molecule has 0 aliphatic heterocycles. The summed E-state index contributed by atoms with van der Waals surface area (Å²) in [7, 11) is 0. The minimum Gasteiger partial charge on any atom is -0.451 e. The molecule has 0 bridgehead atoms. The highest BCUT2D eigenvalue weighted by Gasteiger charge is 2.31. The Morgan fingerprint density at radius 1 is 0.667 bits per heavy atom. The Morgan fingerprint density at radius 2 is 1.24 bits per heavy atom. The van der Waals surface area contributed by atoms with Crippen LogP contribution in [0.4, 0.5) is 4.39 Å². The molecular formula is C49H45FO4. The SMILES string of the molecule is C=Cc1ccc(/C=C/c2ccc(COO[C@@H](c3ccccc3)[C@@H](OC(=O)c3ccc(-c4ccc(CCCCC)cc4F)cc3)c3ccccc3)cc2)cc1. The lowest BCUT2D eigenvalue weighted by Crippen LogP contribution is -2.21. The number of hydrogen-bond donors (Lipinski definition) is 0. The number of carbonyl (C=O) groups is 1. The van der Waals surface area contributed by atoms with Crippen molar-refractivity contribution in [3.05, 3.63) is 209 Å². The number of esters is 1. The van der Waals surface area contributed by atoms with Gasteiger partial charge in [0.25, 0.3) is 0 Å². The average molecular weight is 717 g/mol. The van der Waals surface area contributed by atoms with Gasteiger partial charge in [-0.3, -0.25) is 0 Å². The fraction of sp³-hybridized carbons (Fsp3) is 0.163. The van der Waals surface area contributed by atoms with Gasteiger partial charge < -0.3 is 4.74 Å². The van der Waals surface area contributed by atoms with Crippen LogP contribution >= 0.6 is 0 Å². The summed E-state index contributed by atoms with van der Waals surface area (Å²) >= 11 is 0. The molecule has 0 fully saturated rings. The van der Waals surface area contributed by atoms with Gasteiger partial charge in [-0.15, -0.1) is 0 Å². The first-order chi connectivity index (χ1) is 26.5. The van der Waals surface area contributed by atoms with Crippen molar-refractivity contribution in [2.75, 3.05) is 0 Å². The molecular weight excluding hydrogens is 672 g/mol. The van der Waals surface area contributed by atoms with E-state index in [1.54, 1.807) is 30.3 Å². The number of aryl methyl sites for hydroxylation is 1. The van der Waals surface area contributed by atoms with Gasteiger partial charge in [0.2, 0.25) is 0 Å². The van der Waals surface area contributed by atoms with Crippen molar-refractivity contribution in [3.63, 3.8) is 0 Å². The van der Waals surface area contributed by atoms with Gasteiger partial charge in [-0.05, 0) is 75.5 Å². The minimum atomic E-state index is -0.841. The Kier molecular flexibility index (Phi) is 13.5. The molecule has 0 saturated heterocycles. The molecule has 0 saturated carbocycles. The maximum absolute atomic E-state index is 15.1. The molecule has 6 aromatic rings. The fourth-order valence-corrected chi connectivity index (χ4v) is 6.20. The molecule has 5 heteroatoms. The van der Waals surface area contributed by atoms with Crippen LogP contribution in [0.2, 0.25) is 0 Å². The lowest BCUT2D eigenvalue weighted by molar-refractivity contribution is -0.350. The monoisotopic (exact) mass is 716 g/mol. The summed E-state index contributed by atoms with van der Waals surface area (Å²) < 4.78 is 21.4. The zero-order chi connectivity index (χ0) is 37.5. The molecule has 4 nitrogen and oxygen atoms in total. The van der Waals surface area contributed by atoms with Crippen molar-refractivity contribution in [1.29, 1.82) is 0 Å². The maximum atomic E-state index is 15.1. The van der Waals surface area contributed by atoms with Crippen LogP contribution in [0.3, 0.4) is 0 Å². The second-order valence-corrected chi connectivity index (χ2v) is 13.2. The second kappa shape index (κ2) is 19.3. The van der Waals surface area contributed by atoms with Crippen molar-refractivity contribution in [1.82, 2.24) is 0 Å². The highest BCUT2D eigenvalue weighted by molar-refractivity contribution is 5.90. The molecule has 0 aromatic heterocycles. The predicted molar refractivity (Wildman–Crippen MR) is 217 cm³/mol. The number of carbonyl (C=O) groups excluding carboxylic acids is 1. The third-order valence-corrected chi connectivity index (χ3v) is 9.32. The highest BCUT2D eigenvalue weighted by Crippen LogP contribution is 2.37. The molecule has 0 amide bonds. The van der Waals surface area contributed by atoms with Crippen LogP contribution in [0.5, 0.6) is 0 Å². The maximum Gasteiger partial charge on any atom is 0.338 e. The van der Waals surface area contributed by atoms with Crippen LogP contribution in [0, 0.1) is 5.82 Å². The summed E-state index contributed by atoms with van der Waals surface area (Å²) in [6.45, 7) is 6.15. The number of hydrogen-bond acceptors (Lipinski definition) is 4. The Bertz CT molecular complexity index is 2110. The molecule has 2 atom stereocenters. The first kappa shape index (κ1) is 37.9. The van der Waals surface area contributed by atoms with Gasteiger partial charge in [-0.25, -0.2) is 19.0 Å². The largest absolute Gasteiger partial charge is 0.451 e. The molecule has 0 aliphatic rings. The number of rotatable bonds is 17. The zero-order valence-electron chi connectivity index (χ0n) is 30.6. The van der Waals surface area contributed by atoms with Crippen molar-refractivity contribution in [2.45, 2.75) is 51.4 Å². The Labute approximate surface area is 318 Å². The molecule has 0 spiro atoms. The average Bonchev–Trinajstić information content (AvgIpc) is 3.22. The van der Waals surface area contributed by atoms with E-state index in [0.717, 1.165) is 64.6 Å². The summed E-state index contributed by atoms with van der Waals surface area (Å²) in [4.78, 5) is 25.8. The summed E-state index contributed by atoms with van der Waals surface area (Å²) in [5.74, 6) is -0.808. The third kappa shape index (κ3) is 10.4. The van der Waals surface area contributed by atoms with Crippen molar-refractivity contribution in [2.24, 2.45) is 0 Å². The summed E-state index contributed by atoms with van der Waals surface area (Å²) in [6, 6.07) is 47.5. The standard InChI is InChI=1S/C49H45FO4/c1-3-5-8-13-39-28-33-45(46(50)34-39)41-29-31-44(32-30-41)49(51)53-47(42-14-9-6-10-15-42)48(43-16-11-7-12-17-43)54-52-35-40-26-24-38(25-27-40)23-22-37-20-18-36(4-2)19-21-37/h4,6-7,9-12,14-34,47-48H,2-3,5,8,13,35H2,1H3/b23-22+/t47-,48-/m0/s1. The first-order valence-electron chi connectivity index (χ1n) is 18.5. The smallest absolute Gasteiger partial charge is 0.338 e. The molecule has 0 N–H and O–H groups in total. The zero-order valence-corrected chi connectivity index (χ0v) is 30.6. The van der Waals surface area contributed by atoms with Gasteiger partial charge in [0, 0.05) is 5.56 Å².